The molecule has 2 atom stereocenters. The molecule has 5 heteroatoms. The molecule has 0 aromatic carbocycles. The second-order valence-corrected chi connectivity index (χ2v) is 7.23. The Morgan fingerprint density at radius 3 is 2.76 bits per heavy atom. The third-order valence-corrected chi connectivity index (χ3v) is 5.73. The molecule has 1 aliphatic heterocycles. The van der Waals surface area contributed by atoms with Crippen LogP contribution >= 0.6 is 0 Å². The van der Waals surface area contributed by atoms with E-state index >= 15 is 0 Å². The van der Waals surface area contributed by atoms with E-state index in [1.165, 1.54) is 19.3 Å². The topological polar surface area (TPSA) is 61.9 Å². The second kappa shape index (κ2) is 5.69. The number of hydrogen-bond acceptors (Lipinski definition) is 3. The Balaban J connectivity index is 1.43. The van der Waals surface area contributed by atoms with Crippen molar-refractivity contribution in [1.82, 2.24) is 19.9 Å². The van der Waals surface area contributed by atoms with Crippen LogP contribution in [0.1, 0.15) is 29.8 Å². The Bertz CT molecular complexity index is 936. The molecule has 0 spiro atoms. The van der Waals surface area contributed by atoms with E-state index in [0.29, 0.717) is 17.5 Å². The number of nitrogens with one attached hydrogen (secondary N) is 1. The van der Waals surface area contributed by atoms with Gasteiger partial charge in [-0.25, -0.2) is 4.98 Å². The maximum Gasteiger partial charge on any atom is 0.272 e. The lowest BCUT2D eigenvalue weighted by Gasteiger charge is -2.17. The van der Waals surface area contributed by atoms with E-state index in [0.717, 1.165) is 35.2 Å². The van der Waals surface area contributed by atoms with Crippen LogP contribution < -0.4 is 0 Å². The number of H-pyrrole nitrogens is 1. The lowest BCUT2D eigenvalue weighted by Crippen LogP contribution is -2.30. The summed E-state index contributed by atoms with van der Waals surface area (Å²) in [6.45, 7) is 1.79. The summed E-state index contributed by atoms with van der Waals surface area (Å²) in [6.07, 6.45) is 9.30. The number of rotatable bonds is 2. The van der Waals surface area contributed by atoms with Crippen LogP contribution in [0, 0.1) is 11.8 Å². The molecule has 4 heterocycles. The molecule has 1 aliphatic carbocycles. The normalized spacial score (nSPS) is 22.5. The number of hydrogen-bond donors (Lipinski definition) is 1. The van der Waals surface area contributed by atoms with Crippen molar-refractivity contribution in [2.24, 2.45) is 11.8 Å². The Hall–Kier alpha value is -2.69. The van der Waals surface area contributed by atoms with Gasteiger partial charge in [0.25, 0.3) is 5.91 Å². The molecule has 0 unspecified atom stereocenters. The molecule has 3 aromatic rings. The Kier molecular flexibility index (Phi) is 3.33. The average molecular weight is 332 g/mol. The molecule has 1 saturated heterocycles. The number of likely N-dealkylation sites (tertiary alicyclic amines) is 1. The smallest absolute Gasteiger partial charge is 0.272 e. The van der Waals surface area contributed by atoms with Crippen molar-refractivity contribution in [3.05, 3.63) is 48.5 Å². The molecule has 5 nitrogen and oxygen atoms in total. The number of fused-ring (bicyclic) bond motifs is 2. The van der Waals surface area contributed by atoms with Crippen LogP contribution in [0.25, 0.3) is 22.2 Å². The highest BCUT2D eigenvalue weighted by Crippen LogP contribution is 2.38. The SMILES string of the molecule is O=C(c1cc(-c2cnc3[nH]ccc3c2)ccn1)N1C[C@H]2CCC[C@H]2C1. The summed E-state index contributed by atoms with van der Waals surface area (Å²) in [5.74, 6) is 1.46. The van der Waals surface area contributed by atoms with E-state index in [1.807, 2.05) is 35.5 Å². The zero-order valence-electron chi connectivity index (χ0n) is 14.0. The minimum absolute atomic E-state index is 0.0620. The van der Waals surface area contributed by atoms with E-state index in [-0.39, 0.29) is 5.91 Å². The first kappa shape index (κ1) is 14.6. The fraction of sp³-hybridized carbons (Fsp3) is 0.350. The van der Waals surface area contributed by atoms with Gasteiger partial charge in [0, 0.05) is 42.6 Å². The molecular weight excluding hydrogens is 312 g/mol. The van der Waals surface area contributed by atoms with E-state index in [9.17, 15) is 4.79 Å². The fourth-order valence-corrected chi connectivity index (χ4v) is 4.39. The van der Waals surface area contributed by atoms with Crippen LogP contribution in [0.4, 0.5) is 0 Å². The fourth-order valence-electron chi connectivity index (χ4n) is 4.39. The number of carbonyl (C=O) groups excluding carboxylic acids is 1. The van der Waals surface area contributed by atoms with Crippen LogP contribution in [-0.4, -0.2) is 38.8 Å². The molecule has 0 radical (unpaired) electrons. The van der Waals surface area contributed by atoms with Crippen molar-refractivity contribution in [1.29, 1.82) is 0 Å². The lowest BCUT2D eigenvalue weighted by atomic mass is 10.0. The zero-order chi connectivity index (χ0) is 16.8. The first-order valence-electron chi connectivity index (χ1n) is 8.97. The summed E-state index contributed by atoms with van der Waals surface area (Å²) in [5.41, 5.74) is 3.39. The van der Waals surface area contributed by atoms with Crippen molar-refractivity contribution >= 4 is 16.9 Å². The summed E-state index contributed by atoms with van der Waals surface area (Å²) in [7, 11) is 0. The lowest BCUT2D eigenvalue weighted by molar-refractivity contribution is 0.0775. The van der Waals surface area contributed by atoms with Gasteiger partial charge in [0.15, 0.2) is 0 Å². The maximum absolute atomic E-state index is 12.9. The number of nitrogens with zero attached hydrogens (tertiary/aromatic N) is 3. The minimum Gasteiger partial charge on any atom is -0.346 e. The van der Waals surface area contributed by atoms with Gasteiger partial charge in [0.05, 0.1) is 0 Å². The van der Waals surface area contributed by atoms with Crippen molar-refractivity contribution < 1.29 is 4.79 Å². The van der Waals surface area contributed by atoms with Gasteiger partial charge in [-0.05, 0) is 54.5 Å². The number of amides is 1. The van der Waals surface area contributed by atoms with Gasteiger partial charge >= 0.3 is 0 Å². The van der Waals surface area contributed by atoms with Gasteiger partial charge in [-0.3, -0.25) is 9.78 Å². The van der Waals surface area contributed by atoms with E-state index in [1.54, 1.807) is 6.20 Å². The predicted molar refractivity (Wildman–Crippen MR) is 96.1 cm³/mol. The summed E-state index contributed by atoms with van der Waals surface area (Å²) in [5, 5.41) is 1.06. The largest absolute Gasteiger partial charge is 0.346 e. The van der Waals surface area contributed by atoms with E-state index < -0.39 is 0 Å². The van der Waals surface area contributed by atoms with Crippen LogP contribution in [-0.2, 0) is 0 Å². The first-order valence-corrected chi connectivity index (χ1v) is 8.97. The molecule has 1 saturated carbocycles. The molecule has 5 rings (SSSR count). The molecule has 126 valence electrons. The molecular formula is C20H20N4O. The molecule has 1 N–H and O–H groups in total. The number of aromatic nitrogens is 3. The molecule has 2 fully saturated rings. The van der Waals surface area contributed by atoms with Crippen molar-refractivity contribution in [3.63, 3.8) is 0 Å². The molecule has 25 heavy (non-hydrogen) atoms. The minimum atomic E-state index is 0.0620. The van der Waals surface area contributed by atoms with Crippen LogP contribution in [0.3, 0.4) is 0 Å². The number of aromatic amines is 1. The third kappa shape index (κ3) is 2.51. The number of carbonyl (C=O) groups is 1. The van der Waals surface area contributed by atoms with Gasteiger partial charge in [0.2, 0.25) is 0 Å². The second-order valence-electron chi connectivity index (χ2n) is 7.23. The van der Waals surface area contributed by atoms with Crippen LogP contribution in [0.2, 0.25) is 0 Å². The molecule has 2 aliphatic rings. The van der Waals surface area contributed by atoms with Gasteiger partial charge < -0.3 is 9.88 Å². The third-order valence-electron chi connectivity index (χ3n) is 5.73. The Labute approximate surface area is 146 Å². The van der Waals surface area contributed by atoms with Crippen LogP contribution in [0.5, 0.6) is 0 Å². The monoisotopic (exact) mass is 332 g/mol. The van der Waals surface area contributed by atoms with Gasteiger partial charge in [0.1, 0.15) is 11.3 Å². The predicted octanol–water partition coefficient (Wildman–Crippen LogP) is 3.50. The summed E-state index contributed by atoms with van der Waals surface area (Å²) in [6, 6.07) is 7.92. The molecule has 0 bridgehead atoms. The van der Waals surface area contributed by atoms with Gasteiger partial charge in [-0.2, -0.15) is 0 Å². The highest BCUT2D eigenvalue weighted by molar-refractivity contribution is 5.94. The van der Waals surface area contributed by atoms with Crippen LogP contribution in [0.15, 0.2) is 42.9 Å². The highest BCUT2D eigenvalue weighted by atomic mass is 16.2. The molecule has 1 amide bonds. The summed E-state index contributed by atoms with van der Waals surface area (Å²) >= 11 is 0. The zero-order valence-corrected chi connectivity index (χ0v) is 14.0. The van der Waals surface area contributed by atoms with E-state index in [4.69, 9.17) is 0 Å². The van der Waals surface area contributed by atoms with Gasteiger partial charge in [-0.1, -0.05) is 6.42 Å². The van der Waals surface area contributed by atoms with Gasteiger partial charge in [-0.15, -0.1) is 0 Å². The standard InChI is InChI=1S/C20H20N4O/c25-20(24-11-15-2-1-3-16(15)12-24)18-9-13(4-6-21-18)17-8-14-5-7-22-19(14)23-10-17/h4-10,15-16H,1-3,11-12H2,(H,22,23)/t15-,16+. The Morgan fingerprint density at radius 1 is 1.08 bits per heavy atom. The molecule has 3 aromatic heterocycles. The highest BCUT2D eigenvalue weighted by Gasteiger charge is 2.38. The van der Waals surface area contributed by atoms with E-state index in [2.05, 4.69) is 21.0 Å². The maximum atomic E-state index is 12.9. The van der Waals surface area contributed by atoms with Crippen molar-refractivity contribution in [2.45, 2.75) is 19.3 Å². The summed E-state index contributed by atoms with van der Waals surface area (Å²) in [4.78, 5) is 26.7. The summed E-state index contributed by atoms with van der Waals surface area (Å²) < 4.78 is 0. The number of pyridine rings is 2. The average Bonchev–Trinajstić information content (AvgIpc) is 3.36. The van der Waals surface area contributed by atoms with Crippen molar-refractivity contribution in [3.8, 4) is 11.1 Å². The van der Waals surface area contributed by atoms with Crippen molar-refractivity contribution in [2.75, 3.05) is 13.1 Å². The first-order chi connectivity index (χ1) is 12.3. The Morgan fingerprint density at radius 2 is 1.92 bits per heavy atom. The quantitative estimate of drug-likeness (QED) is 0.781.